The Labute approximate surface area is 141 Å². The molecule has 0 radical (unpaired) electrons. The molecule has 1 amide bonds. The third-order valence-corrected chi connectivity index (χ3v) is 4.34. The highest BCUT2D eigenvalue weighted by Crippen LogP contribution is 2.20. The molecule has 126 valence electrons. The number of morpholine rings is 1. The molecule has 0 bridgehead atoms. The number of carbonyl (C=O) groups is 2. The molecule has 1 saturated heterocycles. The van der Waals surface area contributed by atoms with Crippen molar-refractivity contribution in [2.24, 2.45) is 0 Å². The summed E-state index contributed by atoms with van der Waals surface area (Å²) in [5.41, 5.74) is 2.50. The number of hydrogen-bond donors (Lipinski definition) is 0. The van der Waals surface area contributed by atoms with E-state index in [1.165, 1.54) is 0 Å². The number of ketones is 1. The normalized spacial score (nSPS) is 17.8. The minimum absolute atomic E-state index is 0.0972. The predicted octanol–water partition coefficient (Wildman–Crippen LogP) is 1.92. The van der Waals surface area contributed by atoms with Crippen molar-refractivity contribution in [3.63, 3.8) is 0 Å². The van der Waals surface area contributed by atoms with Crippen LogP contribution < -0.4 is 0 Å². The van der Waals surface area contributed by atoms with Crippen LogP contribution in [0.15, 0.2) is 30.3 Å². The maximum atomic E-state index is 12.8. The lowest BCUT2D eigenvalue weighted by Gasteiger charge is -2.32. The van der Waals surface area contributed by atoms with Gasteiger partial charge in [0.15, 0.2) is 0 Å². The number of ether oxygens (including phenoxy) is 1. The molecule has 1 aromatic heterocycles. The average Bonchev–Trinajstić information content (AvgIpc) is 2.89. The summed E-state index contributed by atoms with van der Waals surface area (Å²) in [5, 5.41) is 4.45. The van der Waals surface area contributed by atoms with Crippen molar-refractivity contribution in [1.29, 1.82) is 0 Å². The van der Waals surface area contributed by atoms with Gasteiger partial charge in [-0.1, -0.05) is 18.2 Å². The maximum absolute atomic E-state index is 12.8. The zero-order valence-electron chi connectivity index (χ0n) is 14.2. The highest BCUT2D eigenvalue weighted by Gasteiger charge is 2.32. The number of rotatable bonds is 3. The molecule has 24 heavy (non-hydrogen) atoms. The van der Waals surface area contributed by atoms with Crippen molar-refractivity contribution < 1.29 is 14.3 Å². The number of amides is 1. The number of Topliss-reactive ketones (excluding diaryl/α,β-unsaturated/α-hetero) is 1. The lowest BCUT2D eigenvalue weighted by atomic mass is 10.1. The van der Waals surface area contributed by atoms with E-state index in [1.807, 2.05) is 44.2 Å². The largest absolute Gasteiger partial charge is 0.377 e. The van der Waals surface area contributed by atoms with Gasteiger partial charge in [0.25, 0.3) is 11.7 Å². The molecule has 1 unspecified atom stereocenters. The van der Waals surface area contributed by atoms with Crippen LogP contribution in [-0.4, -0.2) is 52.2 Å². The van der Waals surface area contributed by atoms with Crippen molar-refractivity contribution >= 4 is 11.7 Å². The van der Waals surface area contributed by atoms with E-state index in [4.69, 9.17) is 4.74 Å². The van der Waals surface area contributed by atoms with E-state index in [2.05, 4.69) is 5.10 Å². The molecule has 0 aliphatic carbocycles. The van der Waals surface area contributed by atoms with Crippen molar-refractivity contribution in [1.82, 2.24) is 14.7 Å². The maximum Gasteiger partial charge on any atom is 0.295 e. The van der Waals surface area contributed by atoms with E-state index in [0.717, 1.165) is 5.69 Å². The third kappa shape index (κ3) is 2.85. The Morgan fingerprint density at radius 2 is 1.92 bits per heavy atom. The van der Waals surface area contributed by atoms with Crippen molar-refractivity contribution in [3.8, 4) is 5.69 Å². The van der Waals surface area contributed by atoms with E-state index >= 15 is 0 Å². The Bertz CT molecular complexity index is 767. The summed E-state index contributed by atoms with van der Waals surface area (Å²) in [5.74, 6) is -0.981. The van der Waals surface area contributed by atoms with Crippen LogP contribution in [0.1, 0.15) is 28.7 Å². The Morgan fingerprint density at radius 3 is 2.58 bits per heavy atom. The zero-order valence-corrected chi connectivity index (χ0v) is 14.2. The minimum Gasteiger partial charge on any atom is -0.377 e. The second-order valence-electron chi connectivity index (χ2n) is 6.04. The van der Waals surface area contributed by atoms with Gasteiger partial charge in [-0.05, 0) is 32.9 Å². The van der Waals surface area contributed by atoms with Crippen LogP contribution in [0.2, 0.25) is 0 Å². The van der Waals surface area contributed by atoms with Gasteiger partial charge in [0, 0.05) is 6.54 Å². The first-order valence-corrected chi connectivity index (χ1v) is 8.05. The Hall–Kier alpha value is -2.47. The molecule has 6 nitrogen and oxygen atoms in total. The van der Waals surface area contributed by atoms with Gasteiger partial charge >= 0.3 is 0 Å². The SMILES string of the molecule is Cc1nn(-c2ccccc2)c(C)c1C(=O)C(=O)N1CCOCC1C. The summed E-state index contributed by atoms with van der Waals surface area (Å²) in [6, 6.07) is 9.48. The first-order chi connectivity index (χ1) is 11.5. The number of hydrogen-bond acceptors (Lipinski definition) is 4. The van der Waals surface area contributed by atoms with Crippen LogP contribution in [-0.2, 0) is 9.53 Å². The highest BCUT2D eigenvalue weighted by molar-refractivity contribution is 6.43. The summed E-state index contributed by atoms with van der Waals surface area (Å²) in [4.78, 5) is 27.0. The van der Waals surface area contributed by atoms with Crippen LogP contribution in [0.3, 0.4) is 0 Å². The standard InChI is InChI=1S/C18H21N3O3/c1-12-11-24-10-9-20(12)18(23)17(22)16-13(2)19-21(14(16)3)15-7-5-4-6-8-15/h4-8,12H,9-11H2,1-3H3. The van der Waals surface area contributed by atoms with Crippen LogP contribution >= 0.6 is 0 Å². The fraction of sp³-hybridized carbons (Fsp3) is 0.389. The smallest absolute Gasteiger partial charge is 0.295 e. The van der Waals surface area contributed by atoms with Gasteiger partial charge in [-0.2, -0.15) is 5.10 Å². The van der Waals surface area contributed by atoms with Gasteiger partial charge in [0.2, 0.25) is 0 Å². The van der Waals surface area contributed by atoms with Gasteiger partial charge in [-0.25, -0.2) is 4.68 Å². The van der Waals surface area contributed by atoms with Crippen molar-refractivity contribution in [2.45, 2.75) is 26.8 Å². The van der Waals surface area contributed by atoms with Crippen LogP contribution in [0, 0.1) is 13.8 Å². The van der Waals surface area contributed by atoms with E-state index in [1.54, 1.807) is 16.5 Å². The molecule has 0 saturated carbocycles. The average molecular weight is 327 g/mol. The molecule has 0 spiro atoms. The van der Waals surface area contributed by atoms with E-state index < -0.39 is 11.7 Å². The number of carbonyl (C=O) groups excluding carboxylic acids is 2. The van der Waals surface area contributed by atoms with E-state index in [0.29, 0.717) is 36.7 Å². The Kier molecular flexibility index (Phi) is 4.49. The summed E-state index contributed by atoms with van der Waals surface area (Å²) < 4.78 is 7.04. The first-order valence-electron chi connectivity index (χ1n) is 8.05. The molecule has 1 atom stereocenters. The minimum atomic E-state index is -0.499. The lowest BCUT2D eigenvalue weighted by molar-refractivity contribution is -0.134. The molecule has 1 aliphatic rings. The van der Waals surface area contributed by atoms with Crippen molar-refractivity contribution in [3.05, 3.63) is 47.3 Å². The van der Waals surface area contributed by atoms with Gasteiger partial charge in [0.05, 0.1) is 41.9 Å². The van der Waals surface area contributed by atoms with Crippen LogP contribution in [0.4, 0.5) is 0 Å². The van der Waals surface area contributed by atoms with E-state index in [9.17, 15) is 9.59 Å². The fourth-order valence-corrected chi connectivity index (χ4v) is 3.06. The fourth-order valence-electron chi connectivity index (χ4n) is 3.06. The number of benzene rings is 1. The molecule has 6 heteroatoms. The number of aromatic nitrogens is 2. The molecule has 2 aromatic rings. The quantitative estimate of drug-likeness (QED) is 0.638. The molecule has 0 N–H and O–H groups in total. The zero-order chi connectivity index (χ0) is 17.3. The Balaban J connectivity index is 1.93. The second-order valence-corrected chi connectivity index (χ2v) is 6.04. The molecule has 1 aromatic carbocycles. The third-order valence-electron chi connectivity index (χ3n) is 4.34. The Morgan fingerprint density at radius 1 is 1.21 bits per heavy atom. The highest BCUT2D eigenvalue weighted by atomic mass is 16.5. The topological polar surface area (TPSA) is 64.4 Å². The molecular weight excluding hydrogens is 306 g/mol. The first kappa shape index (κ1) is 16.4. The van der Waals surface area contributed by atoms with Crippen molar-refractivity contribution in [2.75, 3.05) is 19.8 Å². The summed E-state index contributed by atoms with van der Waals surface area (Å²) in [6.45, 7) is 6.82. The van der Waals surface area contributed by atoms with Crippen LogP contribution in [0.5, 0.6) is 0 Å². The molecule has 1 fully saturated rings. The van der Waals surface area contributed by atoms with E-state index in [-0.39, 0.29) is 6.04 Å². The second kappa shape index (κ2) is 6.57. The summed E-state index contributed by atoms with van der Waals surface area (Å²) >= 11 is 0. The van der Waals surface area contributed by atoms with Crippen LogP contribution in [0.25, 0.3) is 5.69 Å². The molecular formula is C18H21N3O3. The monoisotopic (exact) mass is 327 g/mol. The molecule has 2 heterocycles. The van der Waals surface area contributed by atoms with Gasteiger partial charge in [0.1, 0.15) is 0 Å². The van der Waals surface area contributed by atoms with Gasteiger partial charge in [-0.3, -0.25) is 9.59 Å². The molecule has 3 rings (SSSR count). The number of aryl methyl sites for hydroxylation is 1. The summed E-state index contributed by atoms with van der Waals surface area (Å²) in [7, 11) is 0. The molecule has 1 aliphatic heterocycles. The predicted molar refractivity (Wildman–Crippen MR) is 89.4 cm³/mol. The summed E-state index contributed by atoms with van der Waals surface area (Å²) in [6.07, 6.45) is 0. The number of nitrogens with zero attached hydrogens (tertiary/aromatic N) is 3. The van der Waals surface area contributed by atoms with Gasteiger partial charge < -0.3 is 9.64 Å². The van der Waals surface area contributed by atoms with Gasteiger partial charge in [-0.15, -0.1) is 0 Å². The lowest BCUT2D eigenvalue weighted by Crippen LogP contribution is -2.49. The number of para-hydroxylation sites is 1.